The van der Waals surface area contributed by atoms with Crippen LogP contribution in [0.5, 0.6) is 0 Å². The second kappa shape index (κ2) is 6.12. The van der Waals surface area contributed by atoms with Crippen LogP contribution in [0.3, 0.4) is 0 Å². The molecule has 0 saturated carbocycles. The highest BCUT2D eigenvalue weighted by Gasteiger charge is 2.54. The first kappa shape index (κ1) is 15.5. The monoisotopic (exact) mass is 334 g/mol. The molecule has 25 heavy (non-hydrogen) atoms. The number of carbonyl (C=O) groups is 2. The number of hydrogen-bond donors (Lipinski definition) is 0. The summed E-state index contributed by atoms with van der Waals surface area (Å²) < 4.78 is 0. The Kier molecular flexibility index (Phi) is 3.80. The minimum atomic E-state index is -0.748. The van der Waals surface area contributed by atoms with Gasteiger partial charge in [0, 0.05) is 0 Å². The minimum Gasteiger partial charge on any atom is -0.271 e. The van der Waals surface area contributed by atoms with Crippen molar-refractivity contribution in [2.45, 2.75) is 32.0 Å². The SMILES string of the molecule is CCc1ccc(N2C(=O)C3N=NN(Cc4ccccc4)C3C2=O)cc1. The molecule has 0 N–H and O–H groups in total. The van der Waals surface area contributed by atoms with Crippen molar-refractivity contribution in [1.82, 2.24) is 5.01 Å². The van der Waals surface area contributed by atoms with Gasteiger partial charge in [-0.15, -0.1) is 0 Å². The lowest BCUT2D eigenvalue weighted by Gasteiger charge is -2.20. The lowest BCUT2D eigenvalue weighted by atomic mass is 10.1. The number of imide groups is 1. The lowest BCUT2D eigenvalue weighted by molar-refractivity contribution is -0.123. The molecule has 1 saturated heterocycles. The quantitative estimate of drug-likeness (QED) is 0.808. The van der Waals surface area contributed by atoms with Gasteiger partial charge in [0.2, 0.25) is 0 Å². The molecular weight excluding hydrogens is 316 g/mol. The molecule has 0 bridgehead atoms. The Morgan fingerprint density at radius 3 is 2.32 bits per heavy atom. The highest BCUT2D eigenvalue weighted by atomic mass is 16.2. The first-order chi connectivity index (χ1) is 12.2. The van der Waals surface area contributed by atoms with Gasteiger partial charge in [-0.3, -0.25) is 14.6 Å². The van der Waals surface area contributed by atoms with Gasteiger partial charge in [-0.05, 0) is 29.7 Å². The van der Waals surface area contributed by atoms with Gasteiger partial charge in [0.25, 0.3) is 11.8 Å². The van der Waals surface area contributed by atoms with E-state index < -0.39 is 12.1 Å². The standard InChI is InChI=1S/C19H18N4O2/c1-2-13-8-10-15(11-9-13)23-18(24)16-17(19(23)25)22(21-20-16)12-14-6-4-3-5-7-14/h3-11,16-17H,2,12H2,1H3. The van der Waals surface area contributed by atoms with Crippen LogP contribution in [-0.2, 0) is 22.6 Å². The average molecular weight is 334 g/mol. The van der Waals surface area contributed by atoms with Crippen LogP contribution in [0.25, 0.3) is 0 Å². The van der Waals surface area contributed by atoms with E-state index in [9.17, 15) is 9.59 Å². The zero-order chi connectivity index (χ0) is 17.4. The summed E-state index contributed by atoms with van der Waals surface area (Å²) in [6.07, 6.45) is 0.909. The van der Waals surface area contributed by atoms with Crippen molar-refractivity contribution in [1.29, 1.82) is 0 Å². The fraction of sp³-hybridized carbons (Fsp3) is 0.263. The Labute approximate surface area is 145 Å². The Balaban J connectivity index is 1.59. The fourth-order valence-electron chi connectivity index (χ4n) is 3.26. The number of carbonyl (C=O) groups excluding carboxylic acids is 2. The predicted octanol–water partition coefficient (Wildman–Crippen LogP) is 2.74. The second-order valence-electron chi connectivity index (χ2n) is 6.21. The van der Waals surface area contributed by atoms with Crippen molar-refractivity contribution in [3.63, 3.8) is 0 Å². The maximum Gasteiger partial charge on any atom is 0.263 e. The van der Waals surface area contributed by atoms with E-state index in [0.29, 0.717) is 12.2 Å². The largest absolute Gasteiger partial charge is 0.271 e. The van der Waals surface area contributed by atoms with Crippen LogP contribution in [0.1, 0.15) is 18.1 Å². The summed E-state index contributed by atoms with van der Waals surface area (Å²) in [6, 6.07) is 15.8. The molecule has 126 valence electrons. The van der Waals surface area contributed by atoms with Crippen LogP contribution in [-0.4, -0.2) is 28.9 Å². The van der Waals surface area contributed by atoms with Crippen LogP contribution in [0.15, 0.2) is 64.9 Å². The molecule has 2 unspecified atom stereocenters. The average Bonchev–Trinajstić information content (AvgIpc) is 3.16. The van der Waals surface area contributed by atoms with Gasteiger partial charge in [-0.25, -0.2) is 4.90 Å². The van der Waals surface area contributed by atoms with Crippen LogP contribution < -0.4 is 4.90 Å². The van der Waals surface area contributed by atoms with E-state index in [1.807, 2.05) is 54.6 Å². The number of rotatable bonds is 4. The Morgan fingerprint density at radius 2 is 1.64 bits per heavy atom. The Hall–Kier alpha value is -3.02. The van der Waals surface area contributed by atoms with E-state index in [4.69, 9.17) is 0 Å². The van der Waals surface area contributed by atoms with E-state index in [1.165, 1.54) is 4.90 Å². The van der Waals surface area contributed by atoms with Crippen molar-refractivity contribution in [3.05, 3.63) is 65.7 Å². The van der Waals surface area contributed by atoms with Crippen molar-refractivity contribution in [2.75, 3.05) is 4.90 Å². The van der Waals surface area contributed by atoms with Gasteiger partial charge in [-0.1, -0.05) is 54.6 Å². The van der Waals surface area contributed by atoms with Crippen molar-refractivity contribution in [3.8, 4) is 0 Å². The number of amides is 2. The molecule has 2 aliphatic heterocycles. The summed E-state index contributed by atoms with van der Waals surface area (Å²) in [5.41, 5.74) is 2.78. The number of hydrogen-bond acceptors (Lipinski definition) is 5. The molecule has 6 heteroatoms. The molecule has 0 aromatic heterocycles. The number of nitrogens with zero attached hydrogens (tertiary/aromatic N) is 4. The van der Waals surface area contributed by atoms with E-state index in [1.54, 1.807) is 5.01 Å². The summed E-state index contributed by atoms with van der Waals surface area (Å²) in [5.74, 6) is -0.571. The summed E-state index contributed by atoms with van der Waals surface area (Å²) in [5, 5.41) is 9.73. The molecular formula is C19H18N4O2. The third-order valence-electron chi connectivity index (χ3n) is 4.65. The maximum absolute atomic E-state index is 12.9. The third-order valence-corrected chi connectivity index (χ3v) is 4.65. The normalized spacial score (nSPS) is 22.0. The van der Waals surface area contributed by atoms with E-state index >= 15 is 0 Å². The summed E-state index contributed by atoms with van der Waals surface area (Å²) >= 11 is 0. The first-order valence-electron chi connectivity index (χ1n) is 8.37. The van der Waals surface area contributed by atoms with Crippen LogP contribution in [0, 0.1) is 0 Å². The number of anilines is 1. The number of fused-ring (bicyclic) bond motifs is 1. The van der Waals surface area contributed by atoms with Gasteiger partial charge in [-0.2, -0.15) is 5.11 Å². The molecule has 0 radical (unpaired) electrons. The summed E-state index contributed by atoms with van der Waals surface area (Å²) in [7, 11) is 0. The van der Waals surface area contributed by atoms with Crippen molar-refractivity contribution >= 4 is 17.5 Å². The number of benzene rings is 2. The topological polar surface area (TPSA) is 65.3 Å². The molecule has 2 aromatic rings. The third kappa shape index (κ3) is 2.59. The molecule has 4 rings (SSSR count). The smallest absolute Gasteiger partial charge is 0.263 e. The first-order valence-corrected chi connectivity index (χ1v) is 8.37. The number of aryl methyl sites for hydroxylation is 1. The van der Waals surface area contributed by atoms with Crippen LogP contribution in [0.4, 0.5) is 5.69 Å². The van der Waals surface area contributed by atoms with Gasteiger partial charge in [0.1, 0.15) is 0 Å². The predicted molar refractivity (Wildman–Crippen MR) is 92.7 cm³/mol. The molecule has 6 nitrogen and oxygen atoms in total. The van der Waals surface area contributed by atoms with E-state index in [2.05, 4.69) is 17.3 Å². The van der Waals surface area contributed by atoms with Crippen molar-refractivity contribution < 1.29 is 9.59 Å². The minimum absolute atomic E-state index is 0.264. The Morgan fingerprint density at radius 1 is 0.920 bits per heavy atom. The van der Waals surface area contributed by atoms with Gasteiger partial charge in [0.15, 0.2) is 12.1 Å². The summed E-state index contributed by atoms with van der Waals surface area (Å²) in [4.78, 5) is 26.8. The highest BCUT2D eigenvalue weighted by molar-refractivity contribution is 6.25. The van der Waals surface area contributed by atoms with E-state index in [-0.39, 0.29) is 11.8 Å². The maximum atomic E-state index is 12.9. The fourth-order valence-corrected chi connectivity index (χ4v) is 3.26. The van der Waals surface area contributed by atoms with Crippen LogP contribution in [0.2, 0.25) is 0 Å². The van der Waals surface area contributed by atoms with E-state index in [0.717, 1.165) is 17.5 Å². The van der Waals surface area contributed by atoms with Gasteiger partial charge >= 0.3 is 0 Å². The van der Waals surface area contributed by atoms with Gasteiger partial charge in [0.05, 0.1) is 12.2 Å². The lowest BCUT2D eigenvalue weighted by Crippen LogP contribution is -2.39. The summed E-state index contributed by atoms with van der Waals surface area (Å²) in [6.45, 7) is 2.51. The molecule has 2 heterocycles. The second-order valence-corrected chi connectivity index (χ2v) is 6.21. The Bertz CT molecular complexity index is 832. The molecule has 2 amide bonds. The van der Waals surface area contributed by atoms with Crippen LogP contribution >= 0.6 is 0 Å². The molecule has 0 spiro atoms. The zero-order valence-electron chi connectivity index (χ0n) is 13.9. The molecule has 1 fully saturated rings. The molecule has 2 aliphatic rings. The molecule has 0 aliphatic carbocycles. The molecule has 2 atom stereocenters. The molecule has 2 aromatic carbocycles. The van der Waals surface area contributed by atoms with Crippen molar-refractivity contribution in [2.24, 2.45) is 10.3 Å². The zero-order valence-corrected chi connectivity index (χ0v) is 13.9. The highest BCUT2D eigenvalue weighted by Crippen LogP contribution is 2.32. The van der Waals surface area contributed by atoms with Gasteiger partial charge < -0.3 is 0 Å².